The van der Waals surface area contributed by atoms with Crippen LogP contribution in [0.25, 0.3) is 11.3 Å². The molecule has 1 heterocycles. The van der Waals surface area contributed by atoms with E-state index in [1.165, 1.54) is 49.5 Å². The van der Waals surface area contributed by atoms with Gasteiger partial charge in [-0.1, -0.05) is 23.2 Å². The number of amides is 3. The fourth-order valence-electron chi connectivity index (χ4n) is 3.31. The Balaban J connectivity index is 1.99. The molecule has 2 N–H and O–H groups in total. The van der Waals surface area contributed by atoms with Gasteiger partial charge in [0.05, 0.1) is 27.5 Å². The highest BCUT2D eigenvalue weighted by Crippen LogP contribution is 2.36. The van der Waals surface area contributed by atoms with E-state index in [0.29, 0.717) is 5.56 Å². The first-order chi connectivity index (χ1) is 17.8. The Morgan fingerprint density at radius 2 is 1.74 bits per heavy atom. The van der Waals surface area contributed by atoms with Crippen LogP contribution in [0.4, 0.5) is 18.9 Å². The number of hydrogen-bond acceptors (Lipinski definition) is 5. The number of halogens is 5. The molecule has 0 saturated heterocycles. The molecule has 13 heteroatoms. The van der Waals surface area contributed by atoms with E-state index >= 15 is 0 Å². The predicted octanol–water partition coefficient (Wildman–Crippen LogP) is 5.38. The summed E-state index contributed by atoms with van der Waals surface area (Å²) in [5.74, 6) is -2.07. The van der Waals surface area contributed by atoms with Gasteiger partial charge in [0.25, 0.3) is 17.7 Å². The van der Waals surface area contributed by atoms with E-state index in [0.717, 1.165) is 18.2 Å². The van der Waals surface area contributed by atoms with Crippen molar-refractivity contribution < 1.29 is 32.4 Å². The number of aryl methyl sites for hydroxylation is 1. The fourth-order valence-corrected chi connectivity index (χ4v) is 3.81. The van der Waals surface area contributed by atoms with Gasteiger partial charge in [0.1, 0.15) is 0 Å². The number of aromatic nitrogens is 1. The second-order valence-electron chi connectivity index (χ2n) is 8.20. The minimum absolute atomic E-state index is 0.0254. The Bertz CT molecular complexity index is 1400. The van der Waals surface area contributed by atoms with Gasteiger partial charge >= 0.3 is 6.18 Å². The number of anilines is 1. The van der Waals surface area contributed by atoms with E-state index in [1.54, 1.807) is 6.92 Å². The summed E-state index contributed by atoms with van der Waals surface area (Å²) in [7, 11) is 3.02. The zero-order valence-electron chi connectivity index (χ0n) is 20.2. The number of hydrogen-bond donors (Lipinski definition) is 2. The molecule has 0 spiro atoms. The number of hydroxylamine groups is 1. The SMILES string of the molecule is Cc1cc(Cl)cc(C(=O)NOCC(=O)N(C)C)c1NC(=O)c1ccc(C(F)(F)F)cc1-c1ncccc1Cl. The van der Waals surface area contributed by atoms with Gasteiger partial charge in [-0.25, -0.2) is 5.48 Å². The molecule has 0 bridgehead atoms. The molecule has 38 heavy (non-hydrogen) atoms. The average molecular weight is 569 g/mol. The van der Waals surface area contributed by atoms with Crippen molar-refractivity contribution in [3.63, 3.8) is 0 Å². The Labute approximate surface area is 225 Å². The van der Waals surface area contributed by atoms with Crippen molar-refractivity contribution in [3.05, 3.63) is 81.0 Å². The third kappa shape index (κ3) is 6.80. The number of rotatable bonds is 7. The summed E-state index contributed by atoms with van der Waals surface area (Å²) in [6.07, 6.45) is -3.35. The second-order valence-corrected chi connectivity index (χ2v) is 9.04. The summed E-state index contributed by atoms with van der Waals surface area (Å²) < 4.78 is 40.3. The van der Waals surface area contributed by atoms with Crippen LogP contribution in [-0.4, -0.2) is 48.3 Å². The standard InChI is InChI=1S/C25H21Cl2F3N4O4/c1-13-9-15(26)11-18(24(37)33-38-12-20(35)34(2)3)21(13)32-23(36)16-7-6-14(25(28,29)30)10-17(16)22-19(27)5-4-8-31-22/h4-11H,12H2,1-3H3,(H,32,36)(H,33,37). The first-order valence-electron chi connectivity index (χ1n) is 10.9. The maximum atomic E-state index is 13.4. The summed E-state index contributed by atoms with van der Waals surface area (Å²) in [4.78, 5) is 48.1. The number of nitrogens with zero attached hydrogens (tertiary/aromatic N) is 2. The van der Waals surface area contributed by atoms with E-state index in [2.05, 4.69) is 15.8 Å². The van der Waals surface area contributed by atoms with Gasteiger partial charge in [-0.2, -0.15) is 13.2 Å². The van der Waals surface area contributed by atoms with Crippen LogP contribution in [0.2, 0.25) is 10.0 Å². The monoisotopic (exact) mass is 568 g/mol. The molecular formula is C25H21Cl2F3N4O4. The molecule has 0 atom stereocenters. The number of alkyl halides is 3. The lowest BCUT2D eigenvalue weighted by Crippen LogP contribution is -2.32. The number of carbonyl (C=O) groups is 3. The summed E-state index contributed by atoms with van der Waals surface area (Å²) in [6, 6.07) is 8.20. The lowest BCUT2D eigenvalue weighted by Gasteiger charge is -2.17. The largest absolute Gasteiger partial charge is 0.416 e. The van der Waals surface area contributed by atoms with Crippen LogP contribution in [0, 0.1) is 6.92 Å². The Kier molecular flexibility index (Phi) is 8.97. The molecule has 0 saturated carbocycles. The van der Waals surface area contributed by atoms with E-state index in [-0.39, 0.29) is 38.1 Å². The molecule has 3 amide bonds. The van der Waals surface area contributed by atoms with Crippen LogP contribution < -0.4 is 10.8 Å². The molecule has 1 aromatic heterocycles. The van der Waals surface area contributed by atoms with Crippen LogP contribution >= 0.6 is 23.2 Å². The second kappa shape index (κ2) is 11.8. The minimum atomic E-state index is -4.68. The summed E-state index contributed by atoms with van der Waals surface area (Å²) >= 11 is 12.3. The van der Waals surface area contributed by atoms with Gasteiger partial charge in [0.15, 0.2) is 6.61 Å². The van der Waals surface area contributed by atoms with Gasteiger partial charge in [-0.3, -0.25) is 24.2 Å². The number of carbonyl (C=O) groups excluding carboxylic acids is 3. The summed E-state index contributed by atoms with van der Waals surface area (Å²) in [5, 5.41) is 2.77. The maximum absolute atomic E-state index is 13.4. The molecule has 0 aliphatic heterocycles. The topological polar surface area (TPSA) is 101 Å². The first-order valence-corrected chi connectivity index (χ1v) is 11.6. The molecule has 200 valence electrons. The number of nitrogens with one attached hydrogen (secondary N) is 2. The molecule has 0 unspecified atom stereocenters. The van der Waals surface area contributed by atoms with Crippen molar-refractivity contribution in [1.82, 2.24) is 15.4 Å². The first kappa shape index (κ1) is 28.9. The summed E-state index contributed by atoms with van der Waals surface area (Å²) in [6.45, 7) is 1.12. The molecule has 3 aromatic rings. The molecule has 3 rings (SSSR count). The zero-order valence-corrected chi connectivity index (χ0v) is 21.8. The molecule has 2 aromatic carbocycles. The van der Waals surface area contributed by atoms with E-state index in [1.807, 2.05) is 0 Å². The lowest BCUT2D eigenvalue weighted by atomic mass is 9.99. The fraction of sp³-hybridized carbons (Fsp3) is 0.200. The Hall–Kier alpha value is -3.67. The molecule has 0 aliphatic rings. The van der Waals surface area contributed by atoms with E-state index in [9.17, 15) is 27.6 Å². The number of likely N-dealkylation sites (N-methyl/N-ethyl adjacent to an activating group) is 1. The third-order valence-corrected chi connectivity index (χ3v) is 5.77. The van der Waals surface area contributed by atoms with Crippen LogP contribution in [-0.2, 0) is 15.8 Å². The molecule has 0 fully saturated rings. The van der Waals surface area contributed by atoms with Crippen LogP contribution in [0.3, 0.4) is 0 Å². The maximum Gasteiger partial charge on any atom is 0.416 e. The Morgan fingerprint density at radius 1 is 1.03 bits per heavy atom. The van der Waals surface area contributed by atoms with Crippen LogP contribution in [0.1, 0.15) is 31.8 Å². The van der Waals surface area contributed by atoms with Gasteiger partial charge in [-0.05, 0) is 55.0 Å². The molecular weight excluding hydrogens is 548 g/mol. The normalized spacial score (nSPS) is 11.2. The van der Waals surface area contributed by atoms with Crippen molar-refractivity contribution >= 4 is 46.6 Å². The van der Waals surface area contributed by atoms with Crippen molar-refractivity contribution in [2.24, 2.45) is 0 Å². The van der Waals surface area contributed by atoms with Gasteiger partial charge in [-0.15, -0.1) is 0 Å². The highest BCUT2D eigenvalue weighted by atomic mass is 35.5. The van der Waals surface area contributed by atoms with Gasteiger partial charge in [0.2, 0.25) is 0 Å². The highest BCUT2D eigenvalue weighted by Gasteiger charge is 2.32. The van der Waals surface area contributed by atoms with E-state index < -0.39 is 36.1 Å². The predicted molar refractivity (Wildman–Crippen MR) is 136 cm³/mol. The van der Waals surface area contributed by atoms with Crippen molar-refractivity contribution in [2.45, 2.75) is 13.1 Å². The summed E-state index contributed by atoms with van der Waals surface area (Å²) in [5.41, 5.74) is 1.04. The zero-order chi connectivity index (χ0) is 28.2. The van der Waals surface area contributed by atoms with Crippen molar-refractivity contribution in [1.29, 1.82) is 0 Å². The van der Waals surface area contributed by atoms with Crippen LogP contribution in [0.5, 0.6) is 0 Å². The van der Waals surface area contributed by atoms with Crippen molar-refractivity contribution in [3.8, 4) is 11.3 Å². The number of pyridine rings is 1. The molecule has 0 aliphatic carbocycles. The lowest BCUT2D eigenvalue weighted by molar-refractivity contribution is -0.137. The molecule has 0 radical (unpaired) electrons. The van der Waals surface area contributed by atoms with Gasteiger partial charge < -0.3 is 10.2 Å². The average Bonchev–Trinajstić information content (AvgIpc) is 2.84. The van der Waals surface area contributed by atoms with Crippen LogP contribution in [0.15, 0.2) is 48.7 Å². The van der Waals surface area contributed by atoms with Gasteiger partial charge in [0, 0.05) is 36.4 Å². The number of benzene rings is 2. The Morgan fingerprint density at radius 3 is 2.37 bits per heavy atom. The van der Waals surface area contributed by atoms with E-state index in [4.69, 9.17) is 28.0 Å². The quantitative estimate of drug-likeness (QED) is 0.372. The smallest absolute Gasteiger partial charge is 0.347 e. The molecule has 8 nitrogen and oxygen atoms in total. The highest BCUT2D eigenvalue weighted by molar-refractivity contribution is 6.33. The third-order valence-electron chi connectivity index (χ3n) is 5.25. The minimum Gasteiger partial charge on any atom is -0.347 e. The van der Waals surface area contributed by atoms with Crippen molar-refractivity contribution in [2.75, 3.05) is 26.0 Å².